The lowest BCUT2D eigenvalue weighted by atomic mass is 9.98. The van der Waals surface area contributed by atoms with Crippen molar-refractivity contribution in [2.75, 3.05) is 0 Å². The van der Waals surface area contributed by atoms with Gasteiger partial charge in [-0.2, -0.15) is 5.26 Å². The summed E-state index contributed by atoms with van der Waals surface area (Å²) in [6, 6.07) is 5.64. The molecule has 0 fully saturated rings. The van der Waals surface area contributed by atoms with Gasteiger partial charge in [-0.25, -0.2) is 9.97 Å². The Kier molecular flexibility index (Phi) is 4.23. The van der Waals surface area contributed by atoms with Crippen LogP contribution in [-0.4, -0.2) is 9.97 Å². The lowest BCUT2D eigenvalue weighted by Gasteiger charge is -2.13. The first kappa shape index (κ1) is 14.0. The van der Waals surface area contributed by atoms with Gasteiger partial charge in [0, 0.05) is 22.7 Å². The fourth-order valence-electron chi connectivity index (χ4n) is 1.42. The van der Waals surface area contributed by atoms with E-state index in [4.69, 9.17) is 5.26 Å². The molecular formula is C14H15N3S2. The molecule has 2 heterocycles. The highest BCUT2D eigenvalue weighted by atomic mass is 32.2. The van der Waals surface area contributed by atoms with Gasteiger partial charge in [-0.15, -0.1) is 11.3 Å². The molecule has 0 saturated carbocycles. The van der Waals surface area contributed by atoms with Crippen molar-refractivity contribution in [1.29, 1.82) is 5.26 Å². The van der Waals surface area contributed by atoms with Crippen molar-refractivity contribution in [3.8, 4) is 6.07 Å². The first-order valence-corrected chi connectivity index (χ1v) is 7.79. The largest absolute Gasteiger partial charge is 0.250 e. The fourth-order valence-corrected chi connectivity index (χ4v) is 3.23. The summed E-state index contributed by atoms with van der Waals surface area (Å²) >= 11 is 3.31. The van der Waals surface area contributed by atoms with Crippen LogP contribution in [0.2, 0.25) is 0 Å². The molecule has 0 aliphatic heterocycles. The molecule has 5 heteroatoms. The Morgan fingerprint density at radius 1 is 1.42 bits per heavy atom. The van der Waals surface area contributed by atoms with Crippen molar-refractivity contribution in [2.45, 2.75) is 37.0 Å². The average Bonchev–Trinajstić information content (AvgIpc) is 2.85. The highest BCUT2D eigenvalue weighted by Gasteiger charge is 2.17. The molecule has 0 radical (unpaired) electrons. The monoisotopic (exact) mass is 289 g/mol. The van der Waals surface area contributed by atoms with Crippen LogP contribution in [0.25, 0.3) is 0 Å². The average molecular weight is 289 g/mol. The van der Waals surface area contributed by atoms with Gasteiger partial charge in [-0.1, -0.05) is 32.5 Å². The van der Waals surface area contributed by atoms with E-state index in [-0.39, 0.29) is 5.41 Å². The smallest absolute Gasteiger partial charge is 0.0993 e. The maximum absolute atomic E-state index is 8.84. The van der Waals surface area contributed by atoms with Gasteiger partial charge in [0.1, 0.15) is 0 Å². The van der Waals surface area contributed by atoms with Gasteiger partial charge in [0.2, 0.25) is 0 Å². The Balaban J connectivity index is 2.03. The van der Waals surface area contributed by atoms with Crippen LogP contribution in [-0.2, 0) is 11.2 Å². The number of aromatic nitrogens is 2. The van der Waals surface area contributed by atoms with E-state index in [0.29, 0.717) is 5.56 Å². The Morgan fingerprint density at radius 2 is 2.21 bits per heavy atom. The van der Waals surface area contributed by atoms with Crippen molar-refractivity contribution in [2.24, 2.45) is 0 Å². The molecule has 0 amide bonds. The molecule has 0 unspecified atom stereocenters. The van der Waals surface area contributed by atoms with Gasteiger partial charge < -0.3 is 0 Å². The number of rotatable bonds is 3. The SMILES string of the molecule is CC(C)(C)c1nc(CSc2cc(C#N)ccn2)cs1. The molecule has 0 aliphatic rings. The number of nitrogens with zero attached hydrogens (tertiary/aromatic N) is 3. The molecule has 2 rings (SSSR count). The Bertz CT molecular complexity index is 606. The Morgan fingerprint density at radius 3 is 2.84 bits per heavy atom. The molecule has 0 saturated heterocycles. The summed E-state index contributed by atoms with van der Waals surface area (Å²) in [4.78, 5) is 8.89. The number of thioether (sulfide) groups is 1. The summed E-state index contributed by atoms with van der Waals surface area (Å²) in [7, 11) is 0. The van der Waals surface area contributed by atoms with Crippen LogP contribution in [0.1, 0.15) is 37.0 Å². The number of thiazole rings is 1. The Hall–Kier alpha value is -1.38. The normalized spacial score (nSPS) is 11.3. The van der Waals surface area contributed by atoms with Gasteiger partial charge in [-0.3, -0.25) is 0 Å². The molecule has 0 aromatic carbocycles. The van der Waals surface area contributed by atoms with E-state index in [1.54, 1.807) is 35.4 Å². The van der Waals surface area contributed by atoms with E-state index < -0.39 is 0 Å². The van der Waals surface area contributed by atoms with Crippen LogP contribution in [0.5, 0.6) is 0 Å². The predicted octanol–water partition coefficient (Wildman–Crippen LogP) is 4.00. The van der Waals surface area contributed by atoms with Crippen LogP contribution in [0, 0.1) is 11.3 Å². The maximum Gasteiger partial charge on any atom is 0.0993 e. The van der Waals surface area contributed by atoms with E-state index in [2.05, 4.69) is 42.2 Å². The third-order valence-corrected chi connectivity index (χ3v) is 4.70. The number of nitriles is 1. The second-order valence-corrected chi connectivity index (χ2v) is 7.03. The van der Waals surface area contributed by atoms with Crippen molar-refractivity contribution in [3.05, 3.63) is 40.0 Å². The summed E-state index contributed by atoms with van der Waals surface area (Å²) < 4.78 is 0. The van der Waals surface area contributed by atoms with Crippen molar-refractivity contribution < 1.29 is 0 Å². The molecule has 0 aliphatic carbocycles. The van der Waals surface area contributed by atoms with Crippen LogP contribution in [0.4, 0.5) is 0 Å². The highest BCUT2D eigenvalue weighted by molar-refractivity contribution is 7.98. The minimum Gasteiger partial charge on any atom is -0.250 e. The second-order valence-electron chi connectivity index (χ2n) is 5.18. The molecule has 0 spiro atoms. The van der Waals surface area contributed by atoms with Gasteiger partial charge in [0.05, 0.1) is 27.4 Å². The summed E-state index contributed by atoms with van der Waals surface area (Å²) in [6.45, 7) is 6.50. The van der Waals surface area contributed by atoms with Crippen LogP contribution in [0.3, 0.4) is 0 Å². The van der Waals surface area contributed by atoms with Crippen molar-refractivity contribution >= 4 is 23.1 Å². The van der Waals surface area contributed by atoms with Gasteiger partial charge in [0.25, 0.3) is 0 Å². The summed E-state index contributed by atoms with van der Waals surface area (Å²) in [6.07, 6.45) is 1.67. The van der Waals surface area contributed by atoms with Crippen molar-refractivity contribution in [3.63, 3.8) is 0 Å². The van der Waals surface area contributed by atoms with Gasteiger partial charge in [-0.05, 0) is 12.1 Å². The molecule has 2 aromatic heterocycles. The van der Waals surface area contributed by atoms with Crippen molar-refractivity contribution in [1.82, 2.24) is 9.97 Å². The predicted molar refractivity (Wildman–Crippen MR) is 79.3 cm³/mol. The van der Waals surface area contributed by atoms with Crippen LogP contribution >= 0.6 is 23.1 Å². The number of hydrogen-bond acceptors (Lipinski definition) is 5. The topological polar surface area (TPSA) is 49.6 Å². The van der Waals surface area contributed by atoms with E-state index in [9.17, 15) is 0 Å². The van der Waals surface area contributed by atoms with E-state index in [1.165, 1.54) is 0 Å². The number of hydrogen-bond donors (Lipinski definition) is 0. The minimum atomic E-state index is 0.104. The third-order valence-electron chi connectivity index (χ3n) is 2.43. The van der Waals surface area contributed by atoms with Gasteiger partial charge >= 0.3 is 0 Å². The van der Waals surface area contributed by atoms with E-state index in [0.717, 1.165) is 21.5 Å². The van der Waals surface area contributed by atoms with E-state index >= 15 is 0 Å². The molecule has 0 bridgehead atoms. The molecule has 2 aromatic rings. The number of pyridine rings is 1. The summed E-state index contributed by atoms with van der Waals surface area (Å²) in [5, 5.41) is 13.0. The van der Waals surface area contributed by atoms with E-state index in [1.807, 2.05) is 6.07 Å². The molecule has 98 valence electrons. The zero-order valence-electron chi connectivity index (χ0n) is 11.2. The fraction of sp³-hybridized carbons (Fsp3) is 0.357. The molecule has 0 N–H and O–H groups in total. The second kappa shape index (κ2) is 5.72. The Labute approximate surface area is 121 Å². The first-order valence-electron chi connectivity index (χ1n) is 5.93. The molecule has 19 heavy (non-hydrogen) atoms. The van der Waals surface area contributed by atoms with Gasteiger partial charge in [0.15, 0.2) is 0 Å². The maximum atomic E-state index is 8.84. The summed E-state index contributed by atoms with van der Waals surface area (Å²) in [5.41, 5.74) is 1.82. The molecule has 0 atom stereocenters. The standard InChI is InChI=1S/C14H15N3S2/c1-14(2,3)13-17-11(9-19-13)8-18-12-6-10(7-15)4-5-16-12/h4-6,9H,8H2,1-3H3. The zero-order chi connectivity index (χ0) is 13.9. The zero-order valence-corrected chi connectivity index (χ0v) is 12.8. The minimum absolute atomic E-state index is 0.104. The lowest BCUT2D eigenvalue weighted by Crippen LogP contribution is -2.10. The lowest BCUT2D eigenvalue weighted by molar-refractivity contribution is 0.584. The quantitative estimate of drug-likeness (QED) is 0.801. The molecule has 3 nitrogen and oxygen atoms in total. The first-order chi connectivity index (χ1) is 8.99. The molecular weight excluding hydrogens is 274 g/mol. The third kappa shape index (κ3) is 3.79. The van der Waals surface area contributed by atoms with Crippen LogP contribution < -0.4 is 0 Å². The highest BCUT2D eigenvalue weighted by Crippen LogP contribution is 2.28. The summed E-state index contributed by atoms with van der Waals surface area (Å²) in [5.74, 6) is 0.786. The van der Waals surface area contributed by atoms with Crippen LogP contribution in [0.15, 0.2) is 28.7 Å².